The van der Waals surface area contributed by atoms with Crippen LogP contribution in [0.4, 0.5) is 10.5 Å². The van der Waals surface area contributed by atoms with Gasteiger partial charge in [-0.15, -0.1) is 11.8 Å². The van der Waals surface area contributed by atoms with Crippen molar-refractivity contribution in [3.05, 3.63) is 63.0 Å². The Balaban J connectivity index is 1.72. The molecule has 3 rings (SSSR count). The van der Waals surface area contributed by atoms with Crippen molar-refractivity contribution in [2.24, 2.45) is 0 Å². The molecule has 0 radical (unpaired) electrons. The largest absolute Gasteiger partial charge is 0.324 e. The van der Waals surface area contributed by atoms with Crippen LogP contribution in [0.25, 0.3) is 6.08 Å². The fourth-order valence-corrected chi connectivity index (χ4v) is 4.11. The molecule has 1 fully saturated rings. The smallest absolute Gasteiger partial charge is 0.294 e. The lowest BCUT2D eigenvalue weighted by Gasteiger charge is -2.12. The molecule has 0 aromatic heterocycles. The van der Waals surface area contributed by atoms with Crippen LogP contribution in [-0.2, 0) is 9.59 Å². The summed E-state index contributed by atoms with van der Waals surface area (Å²) in [5.74, 6) is -0.998. The number of benzene rings is 2. The number of anilines is 1. The standard InChI is InChI=1S/C19H14Cl2N2O3S2/c1-27-13-6-3-5-12(9-13)22-16(24)10-23-18(25)15(28-19(23)26)8-11-4-2-7-14(20)17(11)21/h2-9H,10H2,1H3,(H,22,24)/b15-8+. The number of halogens is 2. The molecule has 3 amide bonds. The fourth-order valence-electron chi connectivity index (χ4n) is 2.45. The molecule has 1 N–H and O–H groups in total. The highest BCUT2D eigenvalue weighted by atomic mass is 35.5. The maximum absolute atomic E-state index is 12.6. The van der Waals surface area contributed by atoms with Crippen LogP contribution in [0.1, 0.15) is 5.56 Å². The van der Waals surface area contributed by atoms with Crippen LogP contribution in [0.3, 0.4) is 0 Å². The quantitative estimate of drug-likeness (QED) is 0.486. The number of carbonyl (C=O) groups is 3. The van der Waals surface area contributed by atoms with E-state index in [9.17, 15) is 14.4 Å². The average Bonchev–Trinajstić information content (AvgIpc) is 2.93. The van der Waals surface area contributed by atoms with Crippen LogP contribution < -0.4 is 5.32 Å². The Morgan fingerprint density at radius 1 is 1.21 bits per heavy atom. The fraction of sp³-hybridized carbons (Fsp3) is 0.105. The van der Waals surface area contributed by atoms with Gasteiger partial charge in [-0.2, -0.15) is 0 Å². The Morgan fingerprint density at radius 2 is 1.96 bits per heavy atom. The summed E-state index contributed by atoms with van der Waals surface area (Å²) in [5, 5.41) is 2.83. The molecule has 0 atom stereocenters. The summed E-state index contributed by atoms with van der Waals surface area (Å²) in [6.45, 7) is -0.366. The van der Waals surface area contributed by atoms with Crippen molar-refractivity contribution in [1.29, 1.82) is 0 Å². The van der Waals surface area contributed by atoms with Crippen LogP contribution >= 0.6 is 46.7 Å². The molecule has 1 saturated heterocycles. The first-order valence-corrected chi connectivity index (χ1v) is 10.8. The van der Waals surface area contributed by atoms with Gasteiger partial charge in [-0.25, -0.2) is 0 Å². The van der Waals surface area contributed by atoms with Crippen LogP contribution in [0.2, 0.25) is 10.0 Å². The predicted octanol–water partition coefficient (Wildman–Crippen LogP) is 5.39. The third-order valence-electron chi connectivity index (χ3n) is 3.80. The molecule has 0 unspecified atom stereocenters. The van der Waals surface area contributed by atoms with Gasteiger partial charge in [0.1, 0.15) is 6.54 Å². The maximum Gasteiger partial charge on any atom is 0.294 e. The van der Waals surface area contributed by atoms with Gasteiger partial charge < -0.3 is 5.32 Å². The zero-order valence-electron chi connectivity index (χ0n) is 14.6. The lowest BCUT2D eigenvalue weighted by molar-refractivity contribution is -0.127. The summed E-state index contributed by atoms with van der Waals surface area (Å²) in [6.07, 6.45) is 3.43. The van der Waals surface area contributed by atoms with E-state index in [4.69, 9.17) is 23.2 Å². The Hall–Kier alpha value is -1.93. The molecule has 1 aliphatic rings. The van der Waals surface area contributed by atoms with E-state index in [1.165, 1.54) is 6.08 Å². The van der Waals surface area contributed by atoms with Crippen molar-refractivity contribution < 1.29 is 14.4 Å². The number of hydrogen-bond donors (Lipinski definition) is 1. The third kappa shape index (κ3) is 4.72. The number of rotatable bonds is 5. The minimum Gasteiger partial charge on any atom is -0.324 e. The molecule has 1 heterocycles. The maximum atomic E-state index is 12.6. The molecule has 144 valence electrons. The van der Waals surface area contributed by atoms with Gasteiger partial charge in [-0.05, 0) is 53.9 Å². The molecule has 2 aromatic rings. The van der Waals surface area contributed by atoms with Crippen LogP contribution in [-0.4, -0.2) is 34.8 Å². The highest BCUT2D eigenvalue weighted by Gasteiger charge is 2.36. The highest BCUT2D eigenvalue weighted by Crippen LogP contribution is 2.35. The van der Waals surface area contributed by atoms with E-state index in [2.05, 4.69) is 5.32 Å². The van der Waals surface area contributed by atoms with Gasteiger partial charge in [0.05, 0.1) is 15.0 Å². The molecule has 0 spiro atoms. The minimum atomic E-state index is -0.543. The summed E-state index contributed by atoms with van der Waals surface area (Å²) >= 11 is 14.4. The molecule has 2 aromatic carbocycles. The van der Waals surface area contributed by atoms with Gasteiger partial charge in [-0.3, -0.25) is 19.3 Å². The van der Waals surface area contributed by atoms with E-state index in [0.717, 1.165) is 21.6 Å². The molecule has 0 bridgehead atoms. The molecule has 28 heavy (non-hydrogen) atoms. The van der Waals surface area contributed by atoms with E-state index in [-0.39, 0.29) is 11.4 Å². The van der Waals surface area contributed by atoms with Crippen LogP contribution in [0, 0.1) is 0 Å². The summed E-state index contributed by atoms with van der Waals surface area (Å²) < 4.78 is 0. The van der Waals surface area contributed by atoms with Gasteiger partial charge in [0, 0.05) is 10.6 Å². The first-order chi connectivity index (χ1) is 13.4. The average molecular weight is 453 g/mol. The monoisotopic (exact) mass is 452 g/mol. The summed E-state index contributed by atoms with van der Waals surface area (Å²) in [5.41, 5.74) is 1.13. The van der Waals surface area contributed by atoms with Gasteiger partial charge in [0.2, 0.25) is 5.91 Å². The summed E-state index contributed by atoms with van der Waals surface area (Å²) in [7, 11) is 0. The van der Waals surface area contributed by atoms with E-state index < -0.39 is 17.1 Å². The van der Waals surface area contributed by atoms with Gasteiger partial charge in [0.15, 0.2) is 0 Å². The Kier molecular flexibility index (Phi) is 6.72. The van der Waals surface area contributed by atoms with Crippen molar-refractivity contribution in [3.8, 4) is 0 Å². The Labute approximate surface area is 180 Å². The normalized spacial score (nSPS) is 15.4. The second-order valence-electron chi connectivity index (χ2n) is 5.69. The summed E-state index contributed by atoms with van der Waals surface area (Å²) in [4.78, 5) is 39.1. The van der Waals surface area contributed by atoms with Gasteiger partial charge >= 0.3 is 0 Å². The Bertz CT molecular complexity index is 995. The highest BCUT2D eigenvalue weighted by molar-refractivity contribution is 8.18. The van der Waals surface area contributed by atoms with Crippen LogP contribution in [0.5, 0.6) is 0 Å². The topological polar surface area (TPSA) is 66.5 Å². The number of nitrogens with one attached hydrogen (secondary N) is 1. The SMILES string of the molecule is CSc1cccc(NC(=O)CN2C(=O)S/C(=C/c3cccc(Cl)c3Cl)C2=O)c1. The lowest BCUT2D eigenvalue weighted by atomic mass is 10.2. The van der Waals surface area contributed by atoms with E-state index >= 15 is 0 Å². The molecule has 0 saturated carbocycles. The molecule has 5 nitrogen and oxygen atoms in total. The van der Waals surface area contributed by atoms with Crippen LogP contribution in [0.15, 0.2) is 52.3 Å². The number of carbonyl (C=O) groups excluding carboxylic acids is 3. The first-order valence-electron chi connectivity index (χ1n) is 8.02. The second-order valence-corrected chi connectivity index (χ2v) is 8.35. The lowest BCUT2D eigenvalue weighted by Crippen LogP contribution is -2.36. The zero-order chi connectivity index (χ0) is 20.3. The molecule has 0 aliphatic carbocycles. The van der Waals surface area contributed by atoms with E-state index in [1.807, 2.05) is 24.5 Å². The minimum absolute atomic E-state index is 0.186. The number of nitrogens with zero attached hydrogens (tertiary/aromatic N) is 1. The van der Waals surface area contributed by atoms with Crippen molar-refractivity contribution in [2.75, 3.05) is 18.1 Å². The number of imide groups is 1. The Morgan fingerprint density at radius 3 is 2.71 bits per heavy atom. The van der Waals surface area contributed by atoms with Crippen molar-refractivity contribution in [1.82, 2.24) is 4.90 Å². The molecule has 9 heteroatoms. The molecule has 1 aliphatic heterocycles. The van der Waals surface area contributed by atoms with Crippen molar-refractivity contribution >= 4 is 75.5 Å². The number of hydrogen-bond acceptors (Lipinski definition) is 5. The third-order valence-corrected chi connectivity index (χ3v) is 6.26. The van der Waals surface area contributed by atoms with Crippen molar-refractivity contribution in [2.45, 2.75) is 4.90 Å². The van der Waals surface area contributed by atoms with E-state index in [1.54, 1.807) is 36.0 Å². The zero-order valence-corrected chi connectivity index (χ0v) is 17.7. The van der Waals surface area contributed by atoms with Gasteiger partial charge in [-0.1, -0.05) is 41.4 Å². The molecular formula is C19H14Cl2N2O3S2. The molecular weight excluding hydrogens is 439 g/mol. The number of amides is 3. The van der Waals surface area contributed by atoms with Gasteiger partial charge in [0.25, 0.3) is 11.1 Å². The summed E-state index contributed by atoms with van der Waals surface area (Å²) in [6, 6.07) is 12.3. The van der Waals surface area contributed by atoms with E-state index in [0.29, 0.717) is 21.3 Å². The second kappa shape index (κ2) is 9.05. The number of thioether (sulfide) groups is 2. The predicted molar refractivity (Wildman–Crippen MR) is 116 cm³/mol. The van der Waals surface area contributed by atoms with Crippen molar-refractivity contribution in [3.63, 3.8) is 0 Å². The first kappa shape index (κ1) is 20.8.